The molecule has 0 N–H and O–H groups in total. The first-order valence-electron chi connectivity index (χ1n) is 7.24. The minimum atomic E-state index is -0.200. The Labute approximate surface area is 114 Å². The summed E-state index contributed by atoms with van der Waals surface area (Å²) in [5, 5.41) is 0.362. The van der Waals surface area contributed by atoms with E-state index in [1.807, 2.05) is 0 Å². The summed E-state index contributed by atoms with van der Waals surface area (Å²) in [4.78, 5) is 0. The van der Waals surface area contributed by atoms with Crippen molar-refractivity contribution in [1.82, 2.24) is 0 Å². The molecule has 2 saturated heterocycles. The first-order chi connectivity index (χ1) is 7.88. The van der Waals surface area contributed by atoms with Crippen LogP contribution in [-0.2, 0) is 9.31 Å². The van der Waals surface area contributed by atoms with Crippen molar-refractivity contribution in [3.63, 3.8) is 0 Å². The third-order valence-electron chi connectivity index (χ3n) is 6.03. The molecule has 2 aliphatic rings. The van der Waals surface area contributed by atoms with Crippen molar-refractivity contribution >= 4 is 14.4 Å². The molecule has 0 aromatic rings. The van der Waals surface area contributed by atoms with E-state index in [1.165, 1.54) is 13.7 Å². The van der Waals surface area contributed by atoms with Gasteiger partial charge in [-0.3, -0.25) is 0 Å². The third kappa shape index (κ3) is 2.06. The molecule has 102 valence electrons. The summed E-state index contributed by atoms with van der Waals surface area (Å²) >= 11 is 0. The maximum Gasteiger partial charge on any atom is 0.453 e. The lowest BCUT2D eigenvalue weighted by molar-refractivity contribution is 0.00578. The Hall–Kier alpha value is 0.0499. The molecule has 0 amide bonds. The summed E-state index contributed by atoms with van der Waals surface area (Å²) in [5.74, 6) is 0. The second kappa shape index (κ2) is 3.79. The van der Waals surface area contributed by atoms with Crippen molar-refractivity contribution in [3.8, 4) is 0 Å². The molecule has 0 aromatic heterocycles. The highest BCUT2D eigenvalue weighted by molar-refractivity contribution is 6.66. The van der Waals surface area contributed by atoms with Crippen LogP contribution in [0.5, 0.6) is 0 Å². The van der Waals surface area contributed by atoms with E-state index in [2.05, 4.69) is 55.4 Å². The standard InChI is InChI=1S/C14H28B2O2/c1-11(2)9-10(15-12(11,3)4)16-17-13(5,6)14(7,8)18-16/h10,15H,9H2,1-8H3. The molecule has 2 nitrogen and oxygen atoms in total. The zero-order valence-electron chi connectivity index (χ0n) is 13.4. The predicted molar refractivity (Wildman–Crippen MR) is 79.4 cm³/mol. The summed E-state index contributed by atoms with van der Waals surface area (Å²) in [7, 11) is 1.16. The number of hydrogen-bond acceptors (Lipinski definition) is 2. The number of rotatable bonds is 1. The summed E-state index contributed by atoms with van der Waals surface area (Å²) in [6.45, 7) is 18.0. The first-order valence-corrected chi connectivity index (χ1v) is 7.24. The van der Waals surface area contributed by atoms with Crippen molar-refractivity contribution in [3.05, 3.63) is 0 Å². The van der Waals surface area contributed by atoms with E-state index >= 15 is 0 Å². The topological polar surface area (TPSA) is 18.5 Å². The van der Waals surface area contributed by atoms with E-state index in [0.717, 1.165) is 0 Å². The van der Waals surface area contributed by atoms with E-state index in [-0.39, 0.29) is 18.3 Å². The molecule has 1 unspecified atom stereocenters. The number of hydrogen-bond donors (Lipinski definition) is 0. The van der Waals surface area contributed by atoms with Crippen LogP contribution in [-0.4, -0.2) is 25.6 Å². The molecule has 0 aliphatic carbocycles. The van der Waals surface area contributed by atoms with E-state index in [1.54, 1.807) is 0 Å². The summed E-state index contributed by atoms with van der Waals surface area (Å²) in [5.41, 5.74) is 0.487. The molecule has 0 saturated carbocycles. The fourth-order valence-electron chi connectivity index (χ4n) is 3.21. The van der Waals surface area contributed by atoms with Gasteiger partial charge in [0.25, 0.3) is 0 Å². The summed E-state index contributed by atoms with van der Waals surface area (Å²) < 4.78 is 12.4. The lowest BCUT2D eigenvalue weighted by Gasteiger charge is -2.34. The van der Waals surface area contributed by atoms with Crippen LogP contribution >= 0.6 is 0 Å². The molecular formula is C14H28B2O2. The molecular weight excluding hydrogens is 222 g/mol. The Bertz CT molecular complexity index is 282. The molecule has 2 aliphatic heterocycles. The van der Waals surface area contributed by atoms with Gasteiger partial charge < -0.3 is 9.31 Å². The van der Waals surface area contributed by atoms with Crippen LogP contribution in [0.25, 0.3) is 0 Å². The fourth-order valence-corrected chi connectivity index (χ4v) is 3.21. The van der Waals surface area contributed by atoms with Gasteiger partial charge in [0.05, 0.1) is 11.2 Å². The van der Waals surface area contributed by atoms with Crippen molar-refractivity contribution in [1.29, 1.82) is 0 Å². The highest BCUT2D eigenvalue weighted by Gasteiger charge is 2.58. The Morgan fingerprint density at radius 1 is 0.889 bits per heavy atom. The summed E-state index contributed by atoms with van der Waals surface area (Å²) in [6.07, 6.45) is 1.19. The van der Waals surface area contributed by atoms with Gasteiger partial charge in [-0.25, -0.2) is 0 Å². The highest BCUT2D eigenvalue weighted by atomic mass is 16.7. The molecule has 0 radical (unpaired) electrons. The van der Waals surface area contributed by atoms with Crippen LogP contribution < -0.4 is 0 Å². The molecule has 1 atom stereocenters. The van der Waals surface area contributed by atoms with Gasteiger partial charge in [-0.05, 0) is 38.8 Å². The van der Waals surface area contributed by atoms with E-state index in [4.69, 9.17) is 9.31 Å². The van der Waals surface area contributed by atoms with Crippen LogP contribution in [0.4, 0.5) is 0 Å². The van der Waals surface area contributed by atoms with Gasteiger partial charge >= 0.3 is 7.12 Å². The Balaban J connectivity index is 2.14. The minimum absolute atomic E-state index is 0.0314. The smallest absolute Gasteiger partial charge is 0.403 e. The maximum atomic E-state index is 6.21. The zero-order chi connectivity index (χ0) is 14.0. The van der Waals surface area contributed by atoms with Crippen molar-refractivity contribution in [2.24, 2.45) is 5.41 Å². The Morgan fingerprint density at radius 2 is 1.33 bits per heavy atom. The van der Waals surface area contributed by atoms with E-state index in [0.29, 0.717) is 16.4 Å². The second-order valence-corrected chi connectivity index (χ2v) is 8.56. The molecule has 0 spiro atoms. The van der Waals surface area contributed by atoms with Crippen LogP contribution in [0, 0.1) is 5.41 Å². The van der Waals surface area contributed by atoms with Gasteiger partial charge in [0.15, 0.2) is 0 Å². The van der Waals surface area contributed by atoms with Gasteiger partial charge in [-0.2, -0.15) is 0 Å². The molecule has 0 bridgehead atoms. The SMILES string of the molecule is CC1(C)BC(B2OC(C)(C)C(C)(C)O2)CC1(C)C. The van der Waals surface area contributed by atoms with Crippen LogP contribution in [0.1, 0.15) is 61.8 Å². The normalized spacial score (nSPS) is 35.6. The fraction of sp³-hybridized carbons (Fsp3) is 1.00. The second-order valence-electron chi connectivity index (χ2n) is 8.56. The van der Waals surface area contributed by atoms with Gasteiger partial charge in [0, 0.05) is 0 Å². The van der Waals surface area contributed by atoms with Crippen molar-refractivity contribution in [2.45, 2.75) is 84.0 Å². The lowest BCUT2D eigenvalue weighted by atomic mass is 9.41. The Kier molecular flexibility index (Phi) is 3.04. The largest absolute Gasteiger partial charge is 0.453 e. The minimum Gasteiger partial charge on any atom is -0.403 e. The quantitative estimate of drug-likeness (QED) is 0.663. The molecule has 2 rings (SSSR count). The van der Waals surface area contributed by atoms with Gasteiger partial charge in [-0.15, -0.1) is 0 Å². The molecule has 0 aromatic carbocycles. The molecule has 2 fully saturated rings. The van der Waals surface area contributed by atoms with E-state index in [9.17, 15) is 0 Å². The van der Waals surface area contributed by atoms with Gasteiger partial charge in [0.1, 0.15) is 7.28 Å². The maximum absolute atomic E-state index is 6.21. The molecule has 2 heterocycles. The average molecular weight is 250 g/mol. The average Bonchev–Trinajstić information content (AvgIpc) is 2.45. The van der Waals surface area contributed by atoms with E-state index < -0.39 is 0 Å². The van der Waals surface area contributed by atoms with Gasteiger partial charge in [-0.1, -0.05) is 39.4 Å². The molecule has 18 heavy (non-hydrogen) atoms. The zero-order valence-corrected chi connectivity index (χ0v) is 13.4. The monoisotopic (exact) mass is 250 g/mol. The first kappa shape index (κ1) is 14.5. The van der Waals surface area contributed by atoms with Crippen LogP contribution in [0.3, 0.4) is 0 Å². The van der Waals surface area contributed by atoms with Gasteiger partial charge in [0.2, 0.25) is 0 Å². The molecule has 4 heteroatoms. The lowest BCUT2D eigenvalue weighted by Crippen LogP contribution is -2.41. The highest BCUT2D eigenvalue weighted by Crippen LogP contribution is 2.59. The van der Waals surface area contributed by atoms with Crippen LogP contribution in [0.2, 0.25) is 11.0 Å². The summed E-state index contributed by atoms with van der Waals surface area (Å²) in [6, 6.07) is 0. The van der Waals surface area contributed by atoms with Crippen LogP contribution in [0.15, 0.2) is 0 Å². The predicted octanol–water partition coefficient (Wildman–Crippen LogP) is 3.47. The Morgan fingerprint density at radius 3 is 1.67 bits per heavy atom. The van der Waals surface area contributed by atoms with Crippen molar-refractivity contribution in [2.75, 3.05) is 0 Å². The van der Waals surface area contributed by atoms with Crippen molar-refractivity contribution < 1.29 is 9.31 Å². The third-order valence-corrected chi connectivity index (χ3v) is 6.03.